The molecule has 116 valence electrons. The number of rotatable bonds is 4. The molecule has 2 aromatic rings. The molecule has 0 N–H and O–H groups in total. The van der Waals surface area contributed by atoms with Gasteiger partial charge in [0.15, 0.2) is 5.82 Å². The van der Waals surface area contributed by atoms with Crippen molar-refractivity contribution in [3.05, 3.63) is 39.1 Å². The standard InChI is InChI=1S/C15H17N3O4/c1-8-6-9(2)12(11(7-8)21-4)14-16-10(3)13(18(19)20)15(17-14)22-5/h6-7H,1-5H3. The fourth-order valence-corrected chi connectivity index (χ4v) is 2.38. The maximum Gasteiger partial charge on any atom is 0.351 e. The van der Waals surface area contributed by atoms with Crippen molar-refractivity contribution in [3.8, 4) is 23.0 Å². The van der Waals surface area contributed by atoms with Crippen molar-refractivity contribution in [2.24, 2.45) is 0 Å². The van der Waals surface area contributed by atoms with Gasteiger partial charge in [0, 0.05) is 0 Å². The smallest absolute Gasteiger partial charge is 0.351 e. The molecule has 0 spiro atoms. The molecule has 0 aliphatic heterocycles. The molecular formula is C15H17N3O4. The van der Waals surface area contributed by atoms with Gasteiger partial charge in [-0.2, -0.15) is 4.98 Å². The van der Waals surface area contributed by atoms with Crippen LogP contribution in [0.5, 0.6) is 11.6 Å². The summed E-state index contributed by atoms with van der Waals surface area (Å²) in [6, 6.07) is 3.85. The number of nitrogens with zero attached hydrogens (tertiary/aromatic N) is 3. The van der Waals surface area contributed by atoms with Crippen molar-refractivity contribution < 1.29 is 14.4 Å². The molecule has 1 heterocycles. The lowest BCUT2D eigenvalue weighted by Crippen LogP contribution is -2.04. The van der Waals surface area contributed by atoms with E-state index in [9.17, 15) is 10.1 Å². The zero-order valence-corrected chi connectivity index (χ0v) is 13.1. The van der Waals surface area contributed by atoms with E-state index in [-0.39, 0.29) is 17.3 Å². The predicted molar refractivity (Wildman–Crippen MR) is 81.4 cm³/mol. The number of hydrogen-bond donors (Lipinski definition) is 0. The Morgan fingerprint density at radius 3 is 2.32 bits per heavy atom. The summed E-state index contributed by atoms with van der Waals surface area (Å²) in [5.41, 5.74) is 2.68. The summed E-state index contributed by atoms with van der Waals surface area (Å²) in [7, 11) is 2.91. The van der Waals surface area contributed by atoms with Crippen molar-refractivity contribution in [2.45, 2.75) is 20.8 Å². The second kappa shape index (κ2) is 5.97. The van der Waals surface area contributed by atoms with Gasteiger partial charge in [-0.05, 0) is 38.0 Å². The molecule has 1 aromatic heterocycles. The van der Waals surface area contributed by atoms with Gasteiger partial charge in [-0.15, -0.1) is 0 Å². The van der Waals surface area contributed by atoms with Crippen LogP contribution in [0.1, 0.15) is 16.8 Å². The highest BCUT2D eigenvalue weighted by Crippen LogP contribution is 2.36. The number of aryl methyl sites for hydroxylation is 3. The van der Waals surface area contributed by atoms with E-state index in [0.717, 1.165) is 11.1 Å². The Hall–Kier alpha value is -2.70. The monoisotopic (exact) mass is 303 g/mol. The van der Waals surface area contributed by atoms with Crippen LogP contribution in [0.15, 0.2) is 12.1 Å². The molecule has 22 heavy (non-hydrogen) atoms. The first-order valence-corrected chi connectivity index (χ1v) is 6.61. The average molecular weight is 303 g/mol. The Morgan fingerprint density at radius 2 is 1.77 bits per heavy atom. The average Bonchev–Trinajstić information content (AvgIpc) is 2.44. The van der Waals surface area contributed by atoms with Gasteiger partial charge >= 0.3 is 5.69 Å². The lowest BCUT2D eigenvalue weighted by atomic mass is 10.0. The van der Waals surface area contributed by atoms with Crippen LogP contribution >= 0.6 is 0 Å². The van der Waals surface area contributed by atoms with Gasteiger partial charge in [-0.3, -0.25) is 10.1 Å². The number of nitro groups is 1. The highest BCUT2D eigenvalue weighted by atomic mass is 16.6. The fourth-order valence-electron chi connectivity index (χ4n) is 2.38. The number of benzene rings is 1. The molecule has 7 heteroatoms. The lowest BCUT2D eigenvalue weighted by molar-refractivity contribution is -0.387. The molecule has 0 saturated carbocycles. The van der Waals surface area contributed by atoms with E-state index in [2.05, 4.69) is 9.97 Å². The summed E-state index contributed by atoms with van der Waals surface area (Å²) in [6.45, 7) is 5.43. The number of hydrogen-bond acceptors (Lipinski definition) is 6. The molecule has 1 aromatic carbocycles. The van der Waals surface area contributed by atoms with Crippen LogP contribution in [-0.2, 0) is 0 Å². The molecule has 0 saturated heterocycles. The quantitative estimate of drug-likeness (QED) is 0.637. The number of aromatic nitrogens is 2. The normalized spacial score (nSPS) is 10.4. The van der Waals surface area contributed by atoms with Gasteiger partial charge in [-0.25, -0.2) is 4.98 Å². The van der Waals surface area contributed by atoms with Crippen molar-refractivity contribution in [2.75, 3.05) is 14.2 Å². The highest BCUT2D eigenvalue weighted by Gasteiger charge is 2.25. The first-order chi connectivity index (χ1) is 10.4. The predicted octanol–water partition coefficient (Wildman–Crippen LogP) is 2.99. The molecule has 0 aliphatic carbocycles. The Morgan fingerprint density at radius 1 is 1.09 bits per heavy atom. The maximum absolute atomic E-state index is 11.1. The summed E-state index contributed by atoms with van der Waals surface area (Å²) < 4.78 is 10.5. The van der Waals surface area contributed by atoms with E-state index in [1.54, 1.807) is 14.0 Å². The Labute approximate surface area is 128 Å². The van der Waals surface area contributed by atoms with Gasteiger partial charge in [0.05, 0.1) is 24.7 Å². The number of methoxy groups -OCH3 is 2. The zero-order chi connectivity index (χ0) is 16.4. The molecule has 7 nitrogen and oxygen atoms in total. The van der Waals surface area contributed by atoms with Crippen LogP contribution < -0.4 is 9.47 Å². The van der Waals surface area contributed by atoms with Crippen LogP contribution in [-0.4, -0.2) is 29.1 Å². The molecule has 0 aliphatic rings. The topological polar surface area (TPSA) is 87.4 Å². The first-order valence-electron chi connectivity index (χ1n) is 6.61. The van der Waals surface area contributed by atoms with Crippen LogP contribution in [0.25, 0.3) is 11.4 Å². The summed E-state index contributed by atoms with van der Waals surface area (Å²) in [5, 5.41) is 11.1. The van der Waals surface area contributed by atoms with Crippen molar-refractivity contribution in [1.29, 1.82) is 0 Å². The van der Waals surface area contributed by atoms with Crippen LogP contribution in [0, 0.1) is 30.9 Å². The summed E-state index contributed by atoms with van der Waals surface area (Å²) >= 11 is 0. The molecule has 0 atom stereocenters. The van der Waals surface area contributed by atoms with E-state index in [1.165, 1.54) is 7.11 Å². The summed E-state index contributed by atoms with van der Waals surface area (Å²) in [5.74, 6) is 0.900. The van der Waals surface area contributed by atoms with Crippen molar-refractivity contribution in [1.82, 2.24) is 9.97 Å². The van der Waals surface area contributed by atoms with Gasteiger partial charge in [0.2, 0.25) is 0 Å². The molecular weight excluding hydrogens is 286 g/mol. The summed E-state index contributed by atoms with van der Waals surface area (Å²) in [6.07, 6.45) is 0. The number of ether oxygens (including phenoxy) is 2. The third kappa shape index (κ3) is 2.69. The second-order valence-corrected chi connectivity index (χ2v) is 4.91. The van der Waals surface area contributed by atoms with Gasteiger partial charge in [0.1, 0.15) is 11.4 Å². The van der Waals surface area contributed by atoms with Gasteiger partial charge in [0.25, 0.3) is 5.88 Å². The van der Waals surface area contributed by atoms with E-state index >= 15 is 0 Å². The molecule has 0 unspecified atom stereocenters. The van der Waals surface area contributed by atoms with E-state index in [0.29, 0.717) is 17.1 Å². The molecule has 0 bridgehead atoms. The third-order valence-corrected chi connectivity index (χ3v) is 3.29. The minimum absolute atomic E-state index is 0.0606. The first kappa shape index (κ1) is 15.7. The van der Waals surface area contributed by atoms with E-state index in [1.807, 2.05) is 26.0 Å². The van der Waals surface area contributed by atoms with Crippen molar-refractivity contribution in [3.63, 3.8) is 0 Å². The highest BCUT2D eigenvalue weighted by molar-refractivity contribution is 5.70. The third-order valence-electron chi connectivity index (χ3n) is 3.29. The lowest BCUT2D eigenvalue weighted by Gasteiger charge is -2.13. The second-order valence-electron chi connectivity index (χ2n) is 4.91. The SMILES string of the molecule is COc1cc(C)cc(C)c1-c1nc(C)c([N+](=O)[O-])c(OC)n1. The largest absolute Gasteiger partial charge is 0.496 e. The Kier molecular flexibility index (Phi) is 4.25. The Bertz CT molecular complexity index is 744. The molecule has 2 rings (SSSR count). The minimum atomic E-state index is -0.544. The van der Waals surface area contributed by atoms with Gasteiger partial charge < -0.3 is 9.47 Å². The van der Waals surface area contributed by atoms with E-state index in [4.69, 9.17) is 9.47 Å². The molecule has 0 radical (unpaired) electrons. The fraction of sp³-hybridized carbons (Fsp3) is 0.333. The van der Waals surface area contributed by atoms with Crippen LogP contribution in [0.3, 0.4) is 0 Å². The maximum atomic E-state index is 11.1. The molecule has 0 amide bonds. The van der Waals surface area contributed by atoms with Gasteiger partial charge in [-0.1, -0.05) is 6.07 Å². The molecule has 0 fully saturated rings. The van der Waals surface area contributed by atoms with E-state index < -0.39 is 4.92 Å². The van der Waals surface area contributed by atoms with Crippen LogP contribution in [0.2, 0.25) is 0 Å². The minimum Gasteiger partial charge on any atom is -0.496 e. The van der Waals surface area contributed by atoms with Crippen LogP contribution in [0.4, 0.5) is 5.69 Å². The van der Waals surface area contributed by atoms with Crippen molar-refractivity contribution >= 4 is 5.69 Å². The summed E-state index contributed by atoms with van der Waals surface area (Å²) in [4.78, 5) is 19.0. The Balaban J connectivity index is 2.74. The zero-order valence-electron chi connectivity index (χ0n) is 13.1.